The molecule has 0 saturated carbocycles. The number of nitrogens with one attached hydrogen (secondary N) is 1. The Morgan fingerprint density at radius 2 is 1.94 bits per heavy atom. The van der Waals surface area contributed by atoms with Gasteiger partial charge in [0.2, 0.25) is 0 Å². The smallest absolute Gasteiger partial charge is 0.131 e. The quantitative estimate of drug-likeness (QED) is 0.850. The lowest BCUT2D eigenvalue weighted by Gasteiger charge is -2.06. The molecular formula is C13H10ClFN. The van der Waals surface area contributed by atoms with Crippen molar-refractivity contribution in [3.05, 3.63) is 64.9 Å². The monoisotopic (exact) mass is 234 g/mol. The van der Waals surface area contributed by atoms with E-state index in [-0.39, 0.29) is 5.82 Å². The topological polar surface area (TPSA) is 12.0 Å². The standard InChI is InChI=1S/C13H10ClFN/c14-11-4-6-13(7-5-11)16-9-10-2-1-3-12(15)8-10/h1-2,4-8,16H,9H2. The van der Waals surface area contributed by atoms with E-state index in [1.165, 1.54) is 6.07 Å². The van der Waals surface area contributed by atoms with Gasteiger partial charge in [0.1, 0.15) is 5.82 Å². The zero-order valence-electron chi connectivity index (χ0n) is 8.50. The van der Waals surface area contributed by atoms with Crippen molar-refractivity contribution in [3.8, 4) is 0 Å². The summed E-state index contributed by atoms with van der Waals surface area (Å²) >= 11 is 5.77. The Morgan fingerprint density at radius 3 is 2.62 bits per heavy atom. The second-order valence-corrected chi connectivity index (χ2v) is 3.84. The molecular weight excluding hydrogens is 225 g/mol. The summed E-state index contributed by atoms with van der Waals surface area (Å²) in [4.78, 5) is 0. The minimum absolute atomic E-state index is 0.338. The predicted molar refractivity (Wildman–Crippen MR) is 64.0 cm³/mol. The first-order chi connectivity index (χ1) is 7.74. The number of anilines is 1. The maximum absolute atomic E-state index is 12.8. The molecule has 0 aliphatic carbocycles. The van der Waals surface area contributed by atoms with Gasteiger partial charge in [-0.1, -0.05) is 23.7 Å². The minimum atomic E-state index is -0.338. The van der Waals surface area contributed by atoms with Crippen molar-refractivity contribution in [1.29, 1.82) is 0 Å². The molecule has 2 rings (SSSR count). The van der Waals surface area contributed by atoms with Gasteiger partial charge >= 0.3 is 0 Å². The van der Waals surface area contributed by atoms with Gasteiger partial charge in [0, 0.05) is 23.3 Å². The molecule has 2 aromatic carbocycles. The third-order valence-electron chi connectivity index (χ3n) is 2.17. The lowest BCUT2D eigenvalue weighted by Crippen LogP contribution is -1.99. The largest absolute Gasteiger partial charge is 0.381 e. The highest BCUT2D eigenvalue weighted by Gasteiger charge is 1.96. The number of hydrogen-bond donors (Lipinski definition) is 1. The zero-order chi connectivity index (χ0) is 11.4. The van der Waals surface area contributed by atoms with Gasteiger partial charge in [-0.25, -0.2) is 4.39 Å². The first-order valence-electron chi connectivity index (χ1n) is 4.89. The number of hydrogen-bond acceptors (Lipinski definition) is 1. The summed E-state index contributed by atoms with van der Waals surface area (Å²) in [5.41, 5.74) is 1.84. The molecule has 0 fully saturated rings. The van der Waals surface area contributed by atoms with E-state index in [1.54, 1.807) is 6.07 Å². The molecule has 1 N–H and O–H groups in total. The average molecular weight is 235 g/mol. The van der Waals surface area contributed by atoms with Crippen LogP contribution >= 0.6 is 11.6 Å². The highest BCUT2D eigenvalue weighted by molar-refractivity contribution is 6.30. The van der Waals surface area contributed by atoms with Crippen LogP contribution in [0.25, 0.3) is 0 Å². The molecule has 16 heavy (non-hydrogen) atoms. The molecule has 0 atom stereocenters. The van der Waals surface area contributed by atoms with Crippen LogP contribution < -0.4 is 5.32 Å². The molecule has 0 unspecified atom stereocenters. The first kappa shape index (κ1) is 11.0. The molecule has 81 valence electrons. The van der Waals surface area contributed by atoms with Crippen molar-refractivity contribution in [3.63, 3.8) is 0 Å². The van der Waals surface area contributed by atoms with Gasteiger partial charge in [0.05, 0.1) is 0 Å². The maximum atomic E-state index is 12.8. The van der Waals surface area contributed by atoms with Crippen LogP contribution in [-0.4, -0.2) is 0 Å². The molecule has 0 heterocycles. The van der Waals surface area contributed by atoms with E-state index in [0.717, 1.165) is 11.3 Å². The van der Waals surface area contributed by atoms with Crippen LogP contribution in [-0.2, 0) is 6.54 Å². The Balaban J connectivity index is 1.99. The van der Waals surface area contributed by atoms with E-state index in [1.807, 2.05) is 30.3 Å². The molecule has 0 aromatic heterocycles. The third-order valence-corrected chi connectivity index (χ3v) is 2.42. The van der Waals surface area contributed by atoms with Crippen LogP contribution in [0.2, 0.25) is 5.02 Å². The fourth-order valence-electron chi connectivity index (χ4n) is 1.36. The molecule has 1 nitrogen and oxygen atoms in total. The fourth-order valence-corrected chi connectivity index (χ4v) is 1.49. The van der Waals surface area contributed by atoms with E-state index in [4.69, 9.17) is 11.6 Å². The Morgan fingerprint density at radius 1 is 1.19 bits per heavy atom. The molecule has 0 spiro atoms. The van der Waals surface area contributed by atoms with Crippen molar-refractivity contribution in [2.24, 2.45) is 0 Å². The van der Waals surface area contributed by atoms with E-state index in [2.05, 4.69) is 11.4 Å². The molecule has 3 heteroatoms. The van der Waals surface area contributed by atoms with Gasteiger partial charge in [-0.2, -0.15) is 0 Å². The zero-order valence-corrected chi connectivity index (χ0v) is 9.26. The highest BCUT2D eigenvalue weighted by atomic mass is 35.5. The Bertz CT molecular complexity index is 468. The predicted octanol–water partition coefficient (Wildman–Crippen LogP) is 3.89. The minimum Gasteiger partial charge on any atom is -0.381 e. The summed E-state index contributed by atoms with van der Waals surface area (Å²) in [6, 6.07) is 14.7. The van der Waals surface area contributed by atoms with Gasteiger partial charge < -0.3 is 5.32 Å². The number of rotatable bonds is 3. The van der Waals surface area contributed by atoms with Crippen LogP contribution in [0.4, 0.5) is 10.1 Å². The summed E-state index contributed by atoms with van der Waals surface area (Å²) in [7, 11) is 0. The van der Waals surface area contributed by atoms with Crippen LogP contribution in [0.15, 0.2) is 42.5 Å². The molecule has 0 aliphatic rings. The van der Waals surface area contributed by atoms with Crippen LogP contribution in [0, 0.1) is 11.9 Å². The second kappa shape index (κ2) is 4.99. The summed E-state index contributed by atoms with van der Waals surface area (Å²) < 4.78 is 12.8. The third kappa shape index (κ3) is 2.97. The second-order valence-electron chi connectivity index (χ2n) is 3.41. The van der Waals surface area contributed by atoms with Crippen molar-refractivity contribution in [2.45, 2.75) is 6.54 Å². The van der Waals surface area contributed by atoms with Gasteiger partial charge in [0.15, 0.2) is 0 Å². The molecule has 1 radical (unpaired) electrons. The molecule has 0 aliphatic heterocycles. The number of benzene rings is 2. The Hall–Kier alpha value is -1.54. The SMILES string of the molecule is Fc1[c]ccc(CNc2ccc(Cl)cc2)c1. The van der Waals surface area contributed by atoms with Crippen LogP contribution in [0.1, 0.15) is 5.56 Å². The number of halogens is 2. The normalized spacial score (nSPS) is 10.1. The molecule has 0 amide bonds. The average Bonchev–Trinajstić information content (AvgIpc) is 2.28. The van der Waals surface area contributed by atoms with E-state index < -0.39 is 0 Å². The fraction of sp³-hybridized carbons (Fsp3) is 0.0769. The summed E-state index contributed by atoms with van der Waals surface area (Å²) in [5.74, 6) is -0.338. The highest BCUT2D eigenvalue weighted by Crippen LogP contribution is 2.14. The van der Waals surface area contributed by atoms with Crippen LogP contribution in [0.5, 0.6) is 0 Å². The lowest BCUT2D eigenvalue weighted by molar-refractivity contribution is 0.623. The van der Waals surface area contributed by atoms with Crippen molar-refractivity contribution in [2.75, 3.05) is 5.32 Å². The van der Waals surface area contributed by atoms with Gasteiger partial charge in [-0.15, -0.1) is 0 Å². The van der Waals surface area contributed by atoms with Gasteiger partial charge in [0.25, 0.3) is 0 Å². The van der Waals surface area contributed by atoms with Crippen LogP contribution in [0.3, 0.4) is 0 Å². The van der Waals surface area contributed by atoms with Crippen molar-refractivity contribution < 1.29 is 4.39 Å². The van der Waals surface area contributed by atoms with E-state index in [0.29, 0.717) is 11.6 Å². The summed E-state index contributed by atoms with van der Waals surface area (Å²) in [6.07, 6.45) is 0. The van der Waals surface area contributed by atoms with E-state index in [9.17, 15) is 4.39 Å². The molecule has 0 bridgehead atoms. The summed E-state index contributed by atoms with van der Waals surface area (Å²) in [6.45, 7) is 0.577. The maximum Gasteiger partial charge on any atom is 0.131 e. The van der Waals surface area contributed by atoms with Crippen molar-refractivity contribution >= 4 is 17.3 Å². The van der Waals surface area contributed by atoms with Crippen molar-refractivity contribution in [1.82, 2.24) is 0 Å². The summed E-state index contributed by atoms with van der Waals surface area (Å²) in [5, 5.41) is 3.88. The van der Waals surface area contributed by atoms with Gasteiger partial charge in [-0.05, 0) is 35.9 Å². The first-order valence-corrected chi connectivity index (χ1v) is 5.27. The lowest BCUT2D eigenvalue weighted by atomic mass is 10.2. The molecule has 0 saturated heterocycles. The molecule has 2 aromatic rings. The van der Waals surface area contributed by atoms with Gasteiger partial charge in [-0.3, -0.25) is 0 Å². The van der Waals surface area contributed by atoms with E-state index >= 15 is 0 Å². The Kier molecular flexibility index (Phi) is 3.42. The Labute approximate surface area is 98.9 Å².